The van der Waals surface area contributed by atoms with Gasteiger partial charge in [-0.25, -0.2) is 0 Å². The number of rotatable bonds is 2. The first-order valence-electron chi connectivity index (χ1n) is 6.15. The summed E-state index contributed by atoms with van der Waals surface area (Å²) in [6.45, 7) is 0.979. The third kappa shape index (κ3) is 2.96. The van der Waals surface area contributed by atoms with E-state index in [-0.39, 0.29) is 5.78 Å². The van der Waals surface area contributed by atoms with E-state index >= 15 is 0 Å². The van der Waals surface area contributed by atoms with Crippen LogP contribution >= 0.6 is 43.5 Å². The molecule has 3 rings (SSSR count). The van der Waals surface area contributed by atoms with E-state index in [0.29, 0.717) is 45.3 Å². The minimum absolute atomic E-state index is 0.170. The van der Waals surface area contributed by atoms with Crippen LogP contribution < -0.4 is 9.47 Å². The van der Waals surface area contributed by atoms with Crippen molar-refractivity contribution in [3.63, 3.8) is 0 Å². The van der Waals surface area contributed by atoms with E-state index < -0.39 is 0 Å². The van der Waals surface area contributed by atoms with Gasteiger partial charge in [-0.3, -0.25) is 4.79 Å². The van der Waals surface area contributed by atoms with Crippen LogP contribution in [0.25, 0.3) is 0 Å². The van der Waals surface area contributed by atoms with Gasteiger partial charge in [0.25, 0.3) is 0 Å². The summed E-state index contributed by atoms with van der Waals surface area (Å²) in [5.41, 5.74) is 0.931. The molecule has 0 amide bonds. The van der Waals surface area contributed by atoms with E-state index in [1.807, 2.05) is 0 Å². The molecular weight excluding hydrogens is 423 g/mol. The summed E-state index contributed by atoms with van der Waals surface area (Å²) in [5, 5.41) is 0.399. The molecule has 3 nitrogen and oxygen atoms in total. The predicted octanol–water partition coefficient (Wildman–Crippen LogP) is 4.87. The first-order valence-corrected chi connectivity index (χ1v) is 8.11. The van der Waals surface area contributed by atoms with Crippen LogP contribution in [0.1, 0.15) is 15.9 Å². The topological polar surface area (TPSA) is 35.5 Å². The molecule has 1 aliphatic heterocycles. The monoisotopic (exact) mass is 430 g/mol. The van der Waals surface area contributed by atoms with Gasteiger partial charge in [-0.1, -0.05) is 27.5 Å². The highest BCUT2D eigenvalue weighted by Crippen LogP contribution is 2.37. The Bertz CT molecular complexity index is 731. The van der Waals surface area contributed by atoms with E-state index in [4.69, 9.17) is 21.1 Å². The lowest BCUT2D eigenvalue weighted by Gasteiger charge is -2.19. The molecule has 1 aliphatic rings. The Labute approximate surface area is 143 Å². The molecule has 21 heavy (non-hydrogen) atoms. The van der Waals surface area contributed by atoms with E-state index in [2.05, 4.69) is 31.9 Å². The Hall–Kier alpha value is -1.04. The molecule has 0 aromatic heterocycles. The number of carbonyl (C=O) groups is 1. The maximum absolute atomic E-state index is 12.7. The van der Waals surface area contributed by atoms with Gasteiger partial charge in [0.05, 0.1) is 5.02 Å². The molecule has 0 atom stereocenters. The number of ether oxygens (including phenoxy) is 2. The summed E-state index contributed by atoms with van der Waals surface area (Å²) in [6.07, 6.45) is 0. The SMILES string of the molecule is O=C(c1ccc(Br)cc1Cl)c1cc2c(cc1Br)OCCO2. The molecule has 0 saturated heterocycles. The summed E-state index contributed by atoms with van der Waals surface area (Å²) < 4.78 is 12.5. The van der Waals surface area contributed by atoms with Crippen LogP contribution in [0.2, 0.25) is 5.02 Å². The largest absolute Gasteiger partial charge is 0.486 e. The summed E-state index contributed by atoms with van der Waals surface area (Å²) in [5.74, 6) is 1.03. The van der Waals surface area contributed by atoms with Crippen molar-refractivity contribution >= 4 is 49.2 Å². The van der Waals surface area contributed by atoms with Crippen LogP contribution in [0.4, 0.5) is 0 Å². The molecule has 0 spiro atoms. The van der Waals surface area contributed by atoms with Gasteiger partial charge in [-0.15, -0.1) is 0 Å². The number of hydrogen-bond donors (Lipinski definition) is 0. The normalized spacial score (nSPS) is 13.1. The number of fused-ring (bicyclic) bond motifs is 1. The number of benzene rings is 2. The molecule has 2 aromatic carbocycles. The van der Waals surface area contributed by atoms with E-state index in [9.17, 15) is 4.79 Å². The lowest BCUT2D eigenvalue weighted by molar-refractivity contribution is 0.103. The second-order valence-electron chi connectivity index (χ2n) is 4.43. The van der Waals surface area contributed by atoms with Crippen LogP contribution in [-0.2, 0) is 0 Å². The predicted molar refractivity (Wildman–Crippen MR) is 87.7 cm³/mol. The van der Waals surface area contributed by atoms with Crippen LogP contribution in [0.15, 0.2) is 39.3 Å². The van der Waals surface area contributed by atoms with Crippen molar-refractivity contribution in [3.8, 4) is 11.5 Å². The van der Waals surface area contributed by atoms with E-state index in [1.54, 1.807) is 30.3 Å². The second kappa shape index (κ2) is 5.99. The van der Waals surface area contributed by atoms with Crippen LogP contribution in [0, 0.1) is 0 Å². The van der Waals surface area contributed by atoms with Crippen molar-refractivity contribution in [2.75, 3.05) is 13.2 Å². The fraction of sp³-hybridized carbons (Fsp3) is 0.133. The van der Waals surface area contributed by atoms with Crippen LogP contribution in [-0.4, -0.2) is 19.0 Å². The van der Waals surface area contributed by atoms with Crippen molar-refractivity contribution in [2.24, 2.45) is 0 Å². The maximum Gasteiger partial charge on any atom is 0.195 e. The van der Waals surface area contributed by atoms with Crippen molar-refractivity contribution in [1.29, 1.82) is 0 Å². The Balaban J connectivity index is 2.05. The van der Waals surface area contributed by atoms with Crippen LogP contribution in [0.3, 0.4) is 0 Å². The first kappa shape index (κ1) is 14.9. The van der Waals surface area contributed by atoms with Gasteiger partial charge >= 0.3 is 0 Å². The molecule has 0 N–H and O–H groups in total. The second-order valence-corrected chi connectivity index (χ2v) is 6.61. The third-order valence-corrected chi connectivity index (χ3v) is 4.51. The summed E-state index contributed by atoms with van der Waals surface area (Å²) >= 11 is 12.9. The van der Waals surface area contributed by atoms with E-state index in [0.717, 1.165) is 4.47 Å². The molecular formula is C15H9Br2ClO3. The summed E-state index contributed by atoms with van der Waals surface area (Å²) in [4.78, 5) is 12.7. The van der Waals surface area contributed by atoms with Crippen molar-refractivity contribution in [2.45, 2.75) is 0 Å². The standard InChI is InChI=1S/C15H9Br2ClO3/c16-8-1-2-9(12(18)5-8)15(19)10-6-13-14(7-11(10)17)21-4-3-20-13/h1-2,5-7H,3-4H2. The number of halogens is 3. The molecule has 108 valence electrons. The number of ketones is 1. The highest BCUT2D eigenvalue weighted by Gasteiger charge is 2.21. The number of hydrogen-bond acceptors (Lipinski definition) is 3. The Morgan fingerprint density at radius 1 is 1.00 bits per heavy atom. The Kier molecular flexibility index (Phi) is 4.24. The fourth-order valence-electron chi connectivity index (χ4n) is 2.06. The smallest absolute Gasteiger partial charge is 0.195 e. The van der Waals surface area contributed by atoms with Crippen molar-refractivity contribution < 1.29 is 14.3 Å². The molecule has 0 unspecified atom stereocenters. The Morgan fingerprint density at radius 3 is 2.33 bits per heavy atom. The molecule has 0 bridgehead atoms. The molecule has 2 aromatic rings. The zero-order valence-electron chi connectivity index (χ0n) is 10.7. The fourth-order valence-corrected chi connectivity index (χ4v) is 3.32. The first-order chi connectivity index (χ1) is 10.1. The molecule has 0 radical (unpaired) electrons. The minimum Gasteiger partial charge on any atom is -0.486 e. The average molecular weight is 432 g/mol. The summed E-state index contributed by atoms with van der Waals surface area (Å²) in [7, 11) is 0. The van der Waals surface area contributed by atoms with E-state index in [1.165, 1.54) is 0 Å². The zero-order valence-corrected chi connectivity index (χ0v) is 14.6. The zero-order chi connectivity index (χ0) is 15.0. The highest BCUT2D eigenvalue weighted by molar-refractivity contribution is 9.10. The van der Waals surface area contributed by atoms with Crippen molar-refractivity contribution in [3.05, 3.63) is 55.4 Å². The van der Waals surface area contributed by atoms with Crippen molar-refractivity contribution in [1.82, 2.24) is 0 Å². The van der Waals surface area contributed by atoms with Gasteiger partial charge in [-0.05, 0) is 46.3 Å². The minimum atomic E-state index is -0.170. The molecule has 0 saturated carbocycles. The van der Waals surface area contributed by atoms with Gasteiger partial charge in [0, 0.05) is 20.1 Å². The van der Waals surface area contributed by atoms with Gasteiger partial charge < -0.3 is 9.47 Å². The quantitative estimate of drug-likeness (QED) is 0.636. The Morgan fingerprint density at radius 2 is 1.67 bits per heavy atom. The van der Waals surface area contributed by atoms with Gasteiger partial charge in [0.15, 0.2) is 17.3 Å². The molecule has 0 aliphatic carbocycles. The third-order valence-electron chi connectivity index (χ3n) is 3.05. The van der Waals surface area contributed by atoms with Gasteiger partial charge in [0.2, 0.25) is 0 Å². The lowest BCUT2D eigenvalue weighted by atomic mass is 10.0. The molecule has 6 heteroatoms. The highest BCUT2D eigenvalue weighted by atomic mass is 79.9. The summed E-state index contributed by atoms with van der Waals surface area (Å²) in [6, 6.07) is 8.59. The van der Waals surface area contributed by atoms with Gasteiger partial charge in [0.1, 0.15) is 13.2 Å². The maximum atomic E-state index is 12.7. The van der Waals surface area contributed by atoms with Gasteiger partial charge in [-0.2, -0.15) is 0 Å². The lowest BCUT2D eigenvalue weighted by Crippen LogP contribution is -2.16. The average Bonchev–Trinajstić information content (AvgIpc) is 2.46. The molecule has 0 fully saturated rings. The molecule has 1 heterocycles. The van der Waals surface area contributed by atoms with Crippen LogP contribution in [0.5, 0.6) is 11.5 Å². The number of carbonyl (C=O) groups excluding carboxylic acids is 1.